The standard InChI is InChI=1S/C16H15Cl2N3S/c1-2-11-5-14(17)15(18)6-12(11)8-20-13-7-16(22-9-13)21-4-3-19-10-21/h3-7,9-10,20H,2,8H2,1H3. The van der Waals surface area contributed by atoms with Gasteiger partial charge in [0, 0.05) is 30.0 Å². The van der Waals surface area contributed by atoms with Crippen molar-refractivity contribution in [3.63, 3.8) is 0 Å². The van der Waals surface area contributed by atoms with Crippen LogP contribution in [0.5, 0.6) is 0 Å². The number of thiophene rings is 1. The van der Waals surface area contributed by atoms with Crippen molar-refractivity contribution in [3.8, 4) is 5.00 Å². The second-order valence-electron chi connectivity index (χ2n) is 4.89. The summed E-state index contributed by atoms with van der Waals surface area (Å²) < 4.78 is 1.99. The third kappa shape index (κ3) is 3.29. The Balaban J connectivity index is 1.74. The van der Waals surface area contributed by atoms with Gasteiger partial charge in [-0.1, -0.05) is 30.1 Å². The molecule has 1 aromatic carbocycles. The minimum atomic E-state index is 0.597. The number of imidazole rings is 1. The van der Waals surface area contributed by atoms with Crippen molar-refractivity contribution in [2.45, 2.75) is 19.9 Å². The highest BCUT2D eigenvalue weighted by Gasteiger charge is 2.07. The van der Waals surface area contributed by atoms with Crippen molar-refractivity contribution >= 4 is 40.2 Å². The van der Waals surface area contributed by atoms with Crippen LogP contribution in [0.25, 0.3) is 5.00 Å². The van der Waals surface area contributed by atoms with Crippen molar-refractivity contribution in [1.29, 1.82) is 0 Å². The largest absolute Gasteiger partial charge is 0.380 e. The van der Waals surface area contributed by atoms with E-state index in [9.17, 15) is 0 Å². The first-order chi connectivity index (χ1) is 10.7. The molecule has 0 saturated heterocycles. The molecule has 2 aromatic heterocycles. The normalized spacial score (nSPS) is 10.9. The van der Waals surface area contributed by atoms with E-state index in [1.807, 2.05) is 22.9 Å². The van der Waals surface area contributed by atoms with Gasteiger partial charge in [-0.3, -0.25) is 4.57 Å². The molecule has 3 aromatic rings. The molecule has 22 heavy (non-hydrogen) atoms. The fraction of sp³-hybridized carbons (Fsp3) is 0.188. The summed E-state index contributed by atoms with van der Waals surface area (Å²) in [5.74, 6) is 0. The van der Waals surface area contributed by atoms with Crippen molar-refractivity contribution < 1.29 is 0 Å². The summed E-state index contributed by atoms with van der Waals surface area (Å²) in [5.41, 5.74) is 3.47. The Hall–Kier alpha value is -1.49. The first kappa shape index (κ1) is 15.4. The van der Waals surface area contributed by atoms with Crippen molar-refractivity contribution in [2.75, 3.05) is 5.32 Å². The molecule has 0 aliphatic carbocycles. The molecular formula is C16H15Cl2N3S. The van der Waals surface area contributed by atoms with E-state index in [4.69, 9.17) is 23.2 Å². The maximum atomic E-state index is 6.13. The summed E-state index contributed by atoms with van der Waals surface area (Å²) in [5, 5.41) is 7.87. The molecule has 0 bridgehead atoms. The van der Waals surface area contributed by atoms with Gasteiger partial charge in [-0.15, -0.1) is 11.3 Å². The Morgan fingerprint density at radius 3 is 2.64 bits per heavy atom. The molecule has 0 aliphatic heterocycles. The van der Waals surface area contributed by atoms with Gasteiger partial charge < -0.3 is 5.32 Å². The van der Waals surface area contributed by atoms with Gasteiger partial charge in [0.1, 0.15) is 5.00 Å². The number of anilines is 1. The van der Waals surface area contributed by atoms with Crippen LogP contribution in [-0.2, 0) is 13.0 Å². The van der Waals surface area contributed by atoms with E-state index in [1.165, 1.54) is 11.1 Å². The molecule has 0 spiro atoms. The number of rotatable bonds is 5. The highest BCUT2D eigenvalue weighted by molar-refractivity contribution is 7.13. The summed E-state index contributed by atoms with van der Waals surface area (Å²) in [6.07, 6.45) is 6.43. The lowest BCUT2D eigenvalue weighted by atomic mass is 10.1. The first-order valence-corrected chi connectivity index (χ1v) is 8.58. The van der Waals surface area contributed by atoms with E-state index < -0.39 is 0 Å². The summed E-state index contributed by atoms with van der Waals surface area (Å²) >= 11 is 13.9. The number of nitrogens with one attached hydrogen (secondary N) is 1. The summed E-state index contributed by atoms with van der Waals surface area (Å²) in [6.45, 7) is 2.84. The Kier molecular flexibility index (Phi) is 4.71. The van der Waals surface area contributed by atoms with Gasteiger partial charge in [0.05, 0.1) is 16.4 Å². The number of hydrogen-bond acceptors (Lipinski definition) is 3. The molecule has 3 rings (SSSR count). The number of nitrogens with zero attached hydrogens (tertiary/aromatic N) is 2. The lowest BCUT2D eigenvalue weighted by molar-refractivity contribution is 1.04. The second-order valence-corrected chi connectivity index (χ2v) is 6.59. The van der Waals surface area contributed by atoms with E-state index in [0.717, 1.165) is 23.7 Å². The highest BCUT2D eigenvalue weighted by Crippen LogP contribution is 2.28. The van der Waals surface area contributed by atoms with Crippen LogP contribution in [0.3, 0.4) is 0 Å². The van der Waals surface area contributed by atoms with Crippen LogP contribution in [-0.4, -0.2) is 9.55 Å². The minimum Gasteiger partial charge on any atom is -0.380 e. The maximum Gasteiger partial charge on any atom is 0.102 e. The fourth-order valence-corrected chi connectivity index (χ4v) is 3.46. The molecule has 114 valence electrons. The lowest BCUT2D eigenvalue weighted by Gasteiger charge is -2.11. The van der Waals surface area contributed by atoms with Crippen LogP contribution in [0.4, 0.5) is 5.69 Å². The Bertz CT molecular complexity index is 766. The van der Waals surface area contributed by atoms with Gasteiger partial charge >= 0.3 is 0 Å². The van der Waals surface area contributed by atoms with E-state index in [1.54, 1.807) is 23.9 Å². The van der Waals surface area contributed by atoms with Gasteiger partial charge in [0.2, 0.25) is 0 Å². The average molecular weight is 352 g/mol. The Morgan fingerprint density at radius 2 is 1.95 bits per heavy atom. The molecule has 0 fully saturated rings. The van der Waals surface area contributed by atoms with Gasteiger partial charge in [0.25, 0.3) is 0 Å². The number of aryl methyl sites for hydroxylation is 1. The van der Waals surface area contributed by atoms with Crippen molar-refractivity contribution in [1.82, 2.24) is 9.55 Å². The van der Waals surface area contributed by atoms with E-state index in [2.05, 4.69) is 28.7 Å². The summed E-state index contributed by atoms with van der Waals surface area (Å²) in [7, 11) is 0. The van der Waals surface area contributed by atoms with Crippen molar-refractivity contribution in [2.24, 2.45) is 0 Å². The molecule has 0 amide bonds. The molecular weight excluding hydrogens is 337 g/mol. The average Bonchev–Trinajstić information content (AvgIpc) is 3.18. The monoisotopic (exact) mass is 351 g/mol. The van der Waals surface area contributed by atoms with E-state index in [-0.39, 0.29) is 0 Å². The topological polar surface area (TPSA) is 29.9 Å². The summed E-state index contributed by atoms with van der Waals surface area (Å²) in [6, 6.07) is 6.00. The van der Waals surface area contributed by atoms with Crippen LogP contribution in [0.2, 0.25) is 10.0 Å². The smallest absolute Gasteiger partial charge is 0.102 e. The lowest BCUT2D eigenvalue weighted by Crippen LogP contribution is -2.02. The molecule has 0 atom stereocenters. The highest BCUT2D eigenvalue weighted by atomic mass is 35.5. The van der Waals surface area contributed by atoms with Crippen LogP contribution in [0.15, 0.2) is 42.3 Å². The Labute approximate surface area is 143 Å². The van der Waals surface area contributed by atoms with Crippen LogP contribution >= 0.6 is 34.5 Å². The predicted octanol–water partition coefficient (Wildman–Crippen LogP) is 5.42. The molecule has 0 saturated carbocycles. The third-order valence-electron chi connectivity index (χ3n) is 3.45. The van der Waals surface area contributed by atoms with Crippen molar-refractivity contribution in [3.05, 3.63) is 63.5 Å². The van der Waals surface area contributed by atoms with Crippen LogP contribution < -0.4 is 5.32 Å². The van der Waals surface area contributed by atoms with Gasteiger partial charge in [-0.2, -0.15) is 0 Å². The number of halogens is 2. The molecule has 6 heteroatoms. The van der Waals surface area contributed by atoms with E-state index in [0.29, 0.717) is 10.0 Å². The van der Waals surface area contributed by atoms with Crippen LogP contribution in [0, 0.1) is 0 Å². The Morgan fingerprint density at radius 1 is 1.18 bits per heavy atom. The quantitative estimate of drug-likeness (QED) is 0.665. The molecule has 0 unspecified atom stereocenters. The van der Waals surface area contributed by atoms with Gasteiger partial charge in [-0.25, -0.2) is 4.98 Å². The van der Waals surface area contributed by atoms with E-state index >= 15 is 0 Å². The number of benzene rings is 1. The number of aromatic nitrogens is 2. The molecule has 1 N–H and O–H groups in total. The first-order valence-electron chi connectivity index (χ1n) is 6.95. The molecule has 2 heterocycles. The minimum absolute atomic E-state index is 0.597. The second kappa shape index (κ2) is 6.73. The fourth-order valence-electron chi connectivity index (χ4n) is 2.26. The molecule has 3 nitrogen and oxygen atoms in total. The summed E-state index contributed by atoms with van der Waals surface area (Å²) in [4.78, 5) is 4.06. The van der Waals surface area contributed by atoms with Gasteiger partial charge in [0.15, 0.2) is 0 Å². The predicted molar refractivity (Wildman–Crippen MR) is 94.6 cm³/mol. The maximum absolute atomic E-state index is 6.13. The zero-order valence-corrected chi connectivity index (χ0v) is 14.3. The molecule has 0 radical (unpaired) electrons. The van der Waals surface area contributed by atoms with Crippen LogP contribution in [0.1, 0.15) is 18.1 Å². The SMILES string of the molecule is CCc1cc(Cl)c(Cl)cc1CNc1csc(-n2ccnc2)c1. The molecule has 0 aliphatic rings. The number of hydrogen-bond donors (Lipinski definition) is 1. The zero-order chi connectivity index (χ0) is 15.5. The van der Waals surface area contributed by atoms with Gasteiger partial charge in [-0.05, 0) is 35.7 Å². The zero-order valence-electron chi connectivity index (χ0n) is 12.0. The third-order valence-corrected chi connectivity index (χ3v) is 5.11.